The van der Waals surface area contributed by atoms with Crippen molar-refractivity contribution in [3.8, 4) is 0 Å². The summed E-state index contributed by atoms with van der Waals surface area (Å²) in [6.45, 7) is 4.23. The first-order chi connectivity index (χ1) is 11.9. The van der Waals surface area contributed by atoms with Crippen LogP contribution in [0.3, 0.4) is 0 Å². The number of halogens is 1. The van der Waals surface area contributed by atoms with Crippen LogP contribution in [0.1, 0.15) is 11.1 Å². The van der Waals surface area contributed by atoms with Crippen LogP contribution >= 0.6 is 11.6 Å². The molecule has 2 heterocycles. The van der Waals surface area contributed by atoms with Crippen LogP contribution in [0.5, 0.6) is 0 Å². The molecule has 3 aromatic rings. The number of aryl methyl sites for hydroxylation is 2. The zero-order valence-corrected chi connectivity index (χ0v) is 15.4. The highest BCUT2D eigenvalue weighted by atomic mass is 35.5. The highest BCUT2D eigenvalue weighted by Gasteiger charge is 2.13. The molecular weight excluding hydrogens is 338 g/mol. The number of pyridine rings is 1. The molecule has 1 N–H and O–H groups in total. The SMILES string of the molecule is Cc1cc(Cl)cc(C)c1Nc1nccc2c1ncn2CC(=O)N(C)C. The molecule has 0 saturated heterocycles. The third kappa shape index (κ3) is 3.44. The van der Waals surface area contributed by atoms with Crippen LogP contribution in [-0.2, 0) is 11.3 Å². The average molecular weight is 358 g/mol. The molecule has 25 heavy (non-hydrogen) atoms. The number of amides is 1. The van der Waals surface area contributed by atoms with Crippen molar-refractivity contribution in [1.29, 1.82) is 0 Å². The maximum absolute atomic E-state index is 12.0. The van der Waals surface area contributed by atoms with Gasteiger partial charge >= 0.3 is 0 Å². The van der Waals surface area contributed by atoms with Crippen LogP contribution in [-0.4, -0.2) is 39.4 Å². The van der Waals surface area contributed by atoms with E-state index < -0.39 is 0 Å². The summed E-state index contributed by atoms with van der Waals surface area (Å²) >= 11 is 6.10. The number of carbonyl (C=O) groups excluding carboxylic acids is 1. The molecule has 0 spiro atoms. The average Bonchev–Trinajstić information content (AvgIpc) is 2.94. The van der Waals surface area contributed by atoms with E-state index in [1.807, 2.05) is 36.6 Å². The molecule has 0 unspecified atom stereocenters. The Bertz CT molecular complexity index is 925. The zero-order valence-electron chi connectivity index (χ0n) is 14.7. The van der Waals surface area contributed by atoms with Gasteiger partial charge in [-0.15, -0.1) is 0 Å². The first-order valence-electron chi connectivity index (χ1n) is 7.90. The lowest BCUT2D eigenvalue weighted by atomic mass is 10.1. The van der Waals surface area contributed by atoms with E-state index in [0.717, 1.165) is 27.8 Å². The number of rotatable bonds is 4. The molecule has 0 aliphatic carbocycles. The van der Waals surface area contributed by atoms with Crippen LogP contribution in [0, 0.1) is 13.8 Å². The Morgan fingerprint density at radius 2 is 1.92 bits per heavy atom. The molecule has 2 aromatic heterocycles. The summed E-state index contributed by atoms with van der Waals surface area (Å²) in [5.41, 5.74) is 4.61. The lowest BCUT2D eigenvalue weighted by molar-refractivity contribution is -0.129. The molecule has 1 aromatic carbocycles. The lowest BCUT2D eigenvalue weighted by Crippen LogP contribution is -2.25. The van der Waals surface area contributed by atoms with Crippen LogP contribution in [0.25, 0.3) is 11.0 Å². The van der Waals surface area contributed by atoms with E-state index in [0.29, 0.717) is 10.8 Å². The van der Waals surface area contributed by atoms with E-state index in [9.17, 15) is 4.79 Å². The number of carbonyl (C=O) groups is 1. The second kappa shape index (κ2) is 6.72. The minimum absolute atomic E-state index is 0.00927. The van der Waals surface area contributed by atoms with Crippen molar-refractivity contribution in [2.45, 2.75) is 20.4 Å². The number of hydrogen-bond donors (Lipinski definition) is 1. The minimum Gasteiger partial charge on any atom is -0.347 e. The minimum atomic E-state index is 0.00927. The van der Waals surface area contributed by atoms with E-state index in [1.54, 1.807) is 31.5 Å². The maximum atomic E-state index is 12.0. The molecule has 0 atom stereocenters. The van der Waals surface area contributed by atoms with E-state index in [-0.39, 0.29) is 12.5 Å². The highest BCUT2D eigenvalue weighted by Crippen LogP contribution is 2.29. The van der Waals surface area contributed by atoms with E-state index >= 15 is 0 Å². The Balaban J connectivity index is 1.99. The van der Waals surface area contributed by atoms with E-state index in [4.69, 9.17) is 11.6 Å². The highest BCUT2D eigenvalue weighted by molar-refractivity contribution is 6.30. The predicted octanol–water partition coefficient (Wildman–Crippen LogP) is 3.53. The first-order valence-corrected chi connectivity index (χ1v) is 8.28. The standard InChI is InChI=1S/C18H20ClN5O/c1-11-7-13(19)8-12(2)16(11)22-18-17-14(5-6-20-18)24(10-21-17)9-15(25)23(3)4/h5-8,10H,9H2,1-4H3,(H,20,22). The second-order valence-electron chi connectivity index (χ2n) is 6.23. The summed E-state index contributed by atoms with van der Waals surface area (Å²) in [5.74, 6) is 0.664. The van der Waals surface area contributed by atoms with Gasteiger partial charge in [0.2, 0.25) is 5.91 Å². The van der Waals surface area contributed by atoms with Gasteiger partial charge in [-0.25, -0.2) is 9.97 Å². The molecule has 130 valence electrons. The van der Waals surface area contributed by atoms with Crippen LogP contribution in [0.2, 0.25) is 5.02 Å². The van der Waals surface area contributed by atoms with Gasteiger partial charge in [0, 0.05) is 31.0 Å². The third-order valence-electron chi connectivity index (χ3n) is 4.08. The fraction of sp³-hybridized carbons (Fsp3) is 0.278. The van der Waals surface area contributed by atoms with E-state index in [2.05, 4.69) is 15.3 Å². The van der Waals surface area contributed by atoms with Gasteiger partial charge in [-0.2, -0.15) is 0 Å². The normalized spacial score (nSPS) is 10.9. The van der Waals surface area contributed by atoms with Gasteiger partial charge in [0.25, 0.3) is 0 Å². The van der Waals surface area contributed by atoms with Gasteiger partial charge < -0.3 is 14.8 Å². The molecule has 0 aliphatic rings. The number of benzene rings is 1. The molecule has 0 radical (unpaired) electrons. The quantitative estimate of drug-likeness (QED) is 0.775. The Kier molecular flexibility index (Phi) is 4.63. The van der Waals surface area contributed by atoms with E-state index in [1.165, 1.54) is 0 Å². The summed E-state index contributed by atoms with van der Waals surface area (Å²) in [6, 6.07) is 5.68. The molecular formula is C18H20ClN5O. The fourth-order valence-corrected chi connectivity index (χ4v) is 3.05. The molecule has 0 saturated carbocycles. The molecule has 0 fully saturated rings. The van der Waals surface area contributed by atoms with Gasteiger partial charge in [0.05, 0.1) is 11.8 Å². The Labute approximate surface area is 151 Å². The van der Waals surface area contributed by atoms with Crippen molar-refractivity contribution in [2.24, 2.45) is 0 Å². The molecule has 1 amide bonds. The Morgan fingerprint density at radius 1 is 1.24 bits per heavy atom. The maximum Gasteiger partial charge on any atom is 0.242 e. The van der Waals surface area contributed by atoms with Crippen LogP contribution in [0.15, 0.2) is 30.7 Å². The summed E-state index contributed by atoms with van der Waals surface area (Å²) in [7, 11) is 3.48. The molecule has 0 aliphatic heterocycles. The van der Waals surface area contributed by atoms with Gasteiger partial charge in [-0.05, 0) is 43.2 Å². The van der Waals surface area contributed by atoms with Crippen LogP contribution in [0.4, 0.5) is 11.5 Å². The van der Waals surface area contributed by atoms with Crippen molar-refractivity contribution in [3.63, 3.8) is 0 Å². The first kappa shape index (κ1) is 17.2. The number of anilines is 2. The van der Waals surface area contributed by atoms with Gasteiger partial charge in [-0.1, -0.05) is 11.6 Å². The number of imidazole rings is 1. The number of hydrogen-bond acceptors (Lipinski definition) is 4. The van der Waals surface area contributed by atoms with Gasteiger partial charge in [0.1, 0.15) is 12.1 Å². The largest absolute Gasteiger partial charge is 0.347 e. The van der Waals surface area contributed by atoms with Gasteiger partial charge in [0.15, 0.2) is 5.82 Å². The second-order valence-corrected chi connectivity index (χ2v) is 6.66. The zero-order chi connectivity index (χ0) is 18.1. The third-order valence-corrected chi connectivity index (χ3v) is 4.30. The van der Waals surface area contributed by atoms with Gasteiger partial charge in [-0.3, -0.25) is 4.79 Å². The van der Waals surface area contributed by atoms with Crippen molar-refractivity contribution < 1.29 is 4.79 Å². The lowest BCUT2D eigenvalue weighted by Gasteiger charge is -2.13. The molecule has 6 nitrogen and oxygen atoms in total. The van der Waals surface area contributed by atoms with Crippen molar-refractivity contribution in [3.05, 3.63) is 46.9 Å². The number of fused-ring (bicyclic) bond motifs is 1. The number of likely N-dealkylation sites (N-methyl/N-ethyl adjacent to an activating group) is 1. The number of aromatic nitrogens is 3. The predicted molar refractivity (Wildman–Crippen MR) is 100 cm³/mol. The van der Waals surface area contributed by atoms with Crippen molar-refractivity contribution in [2.75, 3.05) is 19.4 Å². The Morgan fingerprint density at radius 3 is 2.56 bits per heavy atom. The van der Waals surface area contributed by atoms with Crippen molar-refractivity contribution >= 4 is 40.0 Å². The molecule has 0 bridgehead atoms. The summed E-state index contributed by atoms with van der Waals surface area (Å²) in [4.78, 5) is 22.4. The van der Waals surface area contributed by atoms with Crippen LogP contribution < -0.4 is 5.32 Å². The monoisotopic (exact) mass is 357 g/mol. The number of nitrogens with one attached hydrogen (secondary N) is 1. The van der Waals surface area contributed by atoms with Crippen molar-refractivity contribution in [1.82, 2.24) is 19.4 Å². The number of nitrogens with zero attached hydrogens (tertiary/aromatic N) is 4. The molecule has 3 rings (SSSR count). The fourth-order valence-electron chi connectivity index (χ4n) is 2.72. The topological polar surface area (TPSA) is 63.1 Å². The summed E-state index contributed by atoms with van der Waals surface area (Å²) in [6.07, 6.45) is 3.38. The smallest absolute Gasteiger partial charge is 0.242 e. The summed E-state index contributed by atoms with van der Waals surface area (Å²) < 4.78 is 1.83. The molecule has 7 heteroatoms. The Hall–Kier alpha value is -2.60. The summed E-state index contributed by atoms with van der Waals surface area (Å²) in [5, 5.41) is 4.07.